The van der Waals surface area contributed by atoms with E-state index in [1.54, 1.807) is 0 Å². The molecule has 4 heteroatoms. The van der Waals surface area contributed by atoms with Crippen molar-refractivity contribution in [3.8, 4) is 5.69 Å². The minimum Gasteiger partial charge on any atom is -0.374 e. The van der Waals surface area contributed by atoms with Gasteiger partial charge in [-0.15, -0.1) is 11.3 Å². The van der Waals surface area contributed by atoms with Crippen molar-refractivity contribution >= 4 is 59.9 Å². The number of thiophene rings is 1. The molecule has 2 aromatic heterocycles. The van der Waals surface area contributed by atoms with Crippen LogP contribution in [0.2, 0.25) is 0 Å². The fraction of sp³-hybridized carbons (Fsp3) is 0.0833. The third kappa shape index (κ3) is 5.10. The number of fused-ring (bicyclic) bond motifs is 6. The van der Waals surface area contributed by atoms with Crippen molar-refractivity contribution in [3.63, 3.8) is 0 Å². The first-order valence-electron chi connectivity index (χ1n) is 18.0. The lowest BCUT2D eigenvalue weighted by Gasteiger charge is -2.37. The highest BCUT2D eigenvalue weighted by molar-refractivity contribution is 7.25. The standard InChI is InChI=1S/C48H37N3S/c1-48(34-25-28-46-39(29-34)38-18-9-11-22-45(38)52-46)31-40-37-17-8-10-21-43(37)51(44(40)30-47(48)49-35-15-6-3-7-16-35)36-26-23-33(24-27-36)42-20-12-19-41(50-42)32-13-4-2-5-14-32/h2-30,41,49-50H,31H2,1H3. The average molecular weight is 688 g/mol. The van der Waals surface area contributed by atoms with Crippen LogP contribution in [-0.4, -0.2) is 4.57 Å². The molecule has 3 heterocycles. The number of nitrogens with zero attached hydrogens (tertiary/aromatic N) is 1. The molecular formula is C48H37N3S. The molecule has 52 heavy (non-hydrogen) atoms. The van der Waals surface area contributed by atoms with Crippen LogP contribution in [0.3, 0.4) is 0 Å². The van der Waals surface area contributed by atoms with Gasteiger partial charge in [-0.2, -0.15) is 0 Å². The van der Waals surface area contributed by atoms with Crippen molar-refractivity contribution < 1.29 is 0 Å². The molecule has 0 spiro atoms. The average Bonchev–Trinajstić information content (AvgIpc) is 3.73. The maximum atomic E-state index is 3.91. The number of rotatable bonds is 6. The molecular weight excluding hydrogens is 651 g/mol. The first-order chi connectivity index (χ1) is 25.6. The molecule has 0 radical (unpaired) electrons. The molecule has 0 amide bonds. The molecule has 2 N–H and O–H groups in total. The van der Waals surface area contributed by atoms with Crippen molar-refractivity contribution in [2.24, 2.45) is 0 Å². The van der Waals surface area contributed by atoms with Gasteiger partial charge in [-0.25, -0.2) is 0 Å². The zero-order valence-electron chi connectivity index (χ0n) is 28.9. The lowest BCUT2D eigenvalue weighted by Crippen LogP contribution is -2.34. The van der Waals surface area contributed by atoms with Gasteiger partial charge in [0.25, 0.3) is 0 Å². The highest BCUT2D eigenvalue weighted by Gasteiger charge is 2.38. The van der Waals surface area contributed by atoms with Crippen molar-refractivity contribution in [2.45, 2.75) is 24.8 Å². The Balaban J connectivity index is 1.09. The van der Waals surface area contributed by atoms with Crippen molar-refractivity contribution in [2.75, 3.05) is 5.32 Å². The van der Waals surface area contributed by atoms with E-state index in [2.05, 4.69) is 198 Å². The highest BCUT2D eigenvalue weighted by Crippen LogP contribution is 2.47. The normalized spacial score (nSPS) is 18.2. The summed E-state index contributed by atoms with van der Waals surface area (Å²) in [4.78, 5) is 0. The molecule has 1 aliphatic heterocycles. The summed E-state index contributed by atoms with van der Waals surface area (Å²) in [5.74, 6) is 0. The number of aromatic nitrogens is 1. The predicted molar refractivity (Wildman–Crippen MR) is 221 cm³/mol. The van der Waals surface area contributed by atoms with E-state index >= 15 is 0 Å². The molecule has 0 fully saturated rings. The Hall–Kier alpha value is -6.10. The highest BCUT2D eigenvalue weighted by atomic mass is 32.1. The summed E-state index contributed by atoms with van der Waals surface area (Å²) in [7, 11) is 0. The zero-order valence-corrected chi connectivity index (χ0v) is 29.7. The number of hydrogen-bond donors (Lipinski definition) is 2. The van der Waals surface area contributed by atoms with Gasteiger partial charge in [0.1, 0.15) is 0 Å². The van der Waals surface area contributed by atoms with Gasteiger partial charge in [0.15, 0.2) is 0 Å². The molecule has 0 saturated heterocycles. The van der Waals surface area contributed by atoms with Gasteiger partial charge >= 0.3 is 0 Å². The van der Waals surface area contributed by atoms with Gasteiger partial charge < -0.3 is 15.2 Å². The lowest BCUT2D eigenvalue weighted by molar-refractivity contribution is 0.555. The minimum atomic E-state index is -0.291. The number of benzene rings is 6. The largest absolute Gasteiger partial charge is 0.374 e. The summed E-state index contributed by atoms with van der Waals surface area (Å²) in [6.45, 7) is 2.41. The van der Waals surface area contributed by atoms with Crippen LogP contribution >= 0.6 is 11.3 Å². The van der Waals surface area contributed by atoms with Crippen LogP contribution in [-0.2, 0) is 11.8 Å². The predicted octanol–water partition coefficient (Wildman–Crippen LogP) is 12.2. The molecule has 250 valence electrons. The number of para-hydroxylation sites is 2. The van der Waals surface area contributed by atoms with Gasteiger partial charge in [-0.05, 0) is 96.3 Å². The van der Waals surface area contributed by atoms with Crippen molar-refractivity contribution in [1.29, 1.82) is 0 Å². The van der Waals surface area contributed by atoms with Crippen LogP contribution in [0.15, 0.2) is 176 Å². The van der Waals surface area contributed by atoms with Crippen molar-refractivity contribution in [3.05, 3.63) is 204 Å². The Kier molecular flexibility index (Phi) is 7.26. The second-order valence-corrected chi connectivity index (χ2v) is 15.2. The molecule has 2 aliphatic rings. The van der Waals surface area contributed by atoms with Gasteiger partial charge in [0, 0.05) is 53.7 Å². The summed E-state index contributed by atoms with van der Waals surface area (Å²) < 4.78 is 5.12. The third-order valence-corrected chi connectivity index (χ3v) is 12.1. The van der Waals surface area contributed by atoms with E-state index in [1.807, 2.05) is 11.3 Å². The van der Waals surface area contributed by atoms with E-state index in [-0.39, 0.29) is 11.5 Å². The first kappa shape index (κ1) is 30.7. The molecule has 3 nitrogen and oxygen atoms in total. The Labute approximate surface area is 307 Å². The third-order valence-electron chi connectivity index (χ3n) is 11.0. The molecule has 0 saturated carbocycles. The van der Waals surface area contributed by atoms with Gasteiger partial charge in [0.2, 0.25) is 0 Å². The van der Waals surface area contributed by atoms with Crippen LogP contribution < -0.4 is 10.6 Å². The topological polar surface area (TPSA) is 29.0 Å². The summed E-state index contributed by atoms with van der Waals surface area (Å²) in [5, 5.41) is 11.6. The second-order valence-electron chi connectivity index (χ2n) is 14.1. The fourth-order valence-corrected chi connectivity index (χ4v) is 9.30. The lowest BCUT2D eigenvalue weighted by atomic mass is 9.71. The van der Waals surface area contributed by atoms with Crippen LogP contribution in [0.5, 0.6) is 0 Å². The van der Waals surface area contributed by atoms with Crippen molar-refractivity contribution in [1.82, 2.24) is 9.88 Å². The first-order valence-corrected chi connectivity index (χ1v) is 18.8. The smallest absolute Gasteiger partial charge is 0.0701 e. The summed E-state index contributed by atoms with van der Waals surface area (Å²) in [6, 6.07) is 55.2. The molecule has 1 aliphatic carbocycles. The maximum Gasteiger partial charge on any atom is 0.0701 e. The molecule has 2 atom stereocenters. The Morgan fingerprint density at radius 3 is 2.25 bits per heavy atom. The zero-order chi connectivity index (χ0) is 34.6. The number of anilines is 1. The van der Waals surface area contributed by atoms with E-state index in [4.69, 9.17) is 0 Å². The summed E-state index contributed by atoms with van der Waals surface area (Å²) >= 11 is 1.88. The maximum absolute atomic E-state index is 3.91. The fourth-order valence-electron chi connectivity index (χ4n) is 8.22. The minimum absolute atomic E-state index is 0.149. The summed E-state index contributed by atoms with van der Waals surface area (Å²) in [6.07, 6.45) is 9.83. The van der Waals surface area contributed by atoms with Gasteiger partial charge in [-0.3, -0.25) is 0 Å². The Bertz CT molecular complexity index is 2710. The second kappa shape index (κ2) is 12.3. The van der Waals surface area contributed by atoms with Crippen LogP contribution in [0.25, 0.3) is 48.5 Å². The van der Waals surface area contributed by atoms with E-state index in [0.717, 1.165) is 23.5 Å². The van der Waals surface area contributed by atoms with Crippen LogP contribution in [0, 0.1) is 0 Å². The number of dihydropyridines is 1. The van der Waals surface area contributed by atoms with E-state index < -0.39 is 0 Å². The number of hydrogen-bond acceptors (Lipinski definition) is 3. The molecule has 10 rings (SSSR count). The van der Waals surface area contributed by atoms with Crippen LogP contribution in [0.1, 0.15) is 40.9 Å². The molecule has 2 unspecified atom stereocenters. The SMILES string of the molecule is CC1(c2ccc3sc4ccccc4c3c2)Cc2c(n(-c3ccc(C4=CC=CC(c5ccccc5)N4)cc3)c3ccccc23)C=C1Nc1ccccc1. The van der Waals surface area contributed by atoms with Crippen LogP contribution in [0.4, 0.5) is 5.69 Å². The summed E-state index contributed by atoms with van der Waals surface area (Å²) in [5.41, 5.74) is 11.9. The van der Waals surface area contributed by atoms with E-state index in [9.17, 15) is 0 Å². The van der Waals surface area contributed by atoms with E-state index in [1.165, 1.54) is 64.7 Å². The molecule has 0 bridgehead atoms. The van der Waals surface area contributed by atoms with E-state index in [0.29, 0.717) is 0 Å². The molecule has 6 aromatic carbocycles. The quantitative estimate of drug-likeness (QED) is 0.182. The Morgan fingerprint density at radius 1 is 0.712 bits per heavy atom. The molecule has 8 aromatic rings. The Morgan fingerprint density at radius 2 is 1.42 bits per heavy atom. The number of nitrogens with one attached hydrogen (secondary N) is 2. The monoisotopic (exact) mass is 687 g/mol. The van der Waals surface area contributed by atoms with Gasteiger partial charge in [0.05, 0.1) is 17.3 Å². The number of allylic oxidation sites excluding steroid dienone is 3. The van der Waals surface area contributed by atoms with Gasteiger partial charge in [-0.1, -0.05) is 115 Å².